The highest BCUT2D eigenvalue weighted by Crippen LogP contribution is 2.28. The van der Waals surface area contributed by atoms with Crippen LogP contribution in [0.25, 0.3) is 0 Å². The normalized spacial score (nSPS) is 10.9. The molecule has 0 bridgehead atoms. The Morgan fingerprint density at radius 1 is 1.41 bits per heavy atom. The van der Waals surface area contributed by atoms with Crippen LogP contribution in [0.2, 0.25) is 0 Å². The van der Waals surface area contributed by atoms with E-state index < -0.39 is 16.6 Å². The molecule has 0 saturated carbocycles. The van der Waals surface area contributed by atoms with E-state index in [2.05, 4.69) is 10.6 Å². The Morgan fingerprint density at radius 3 is 2.64 bits per heavy atom. The zero-order valence-corrected chi connectivity index (χ0v) is 12.9. The summed E-state index contributed by atoms with van der Waals surface area (Å²) >= 11 is 0. The molecule has 0 aliphatic carbocycles. The predicted octanol–water partition coefficient (Wildman–Crippen LogP) is 2.74. The second-order valence-electron chi connectivity index (χ2n) is 5.62. The molecule has 0 radical (unpaired) electrons. The van der Waals surface area contributed by atoms with Crippen LogP contribution in [0.4, 0.5) is 21.9 Å². The summed E-state index contributed by atoms with van der Waals surface area (Å²) in [6.07, 6.45) is -0.197. The van der Waals surface area contributed by atoms with Crippen molar-refractivity contribution >= 4 is 23.2 Å². The number of anilines is 2. The van der Waals surface area contributed by atoms with Crippen LogP contribution in [0.15, 0.2) is 18.2 Å². The van der Waals surface area contributed by atoms with Gasteiger partial charge in [0.15, 0.2) is 0 Å². The fourth-order valence-electron chi connectivity index (χ4n) is 1.63. The number of benzene rings is 1. The number of amides is 1. The molecular weight excluding hydrogens is 290 g/mol. The smallest absolute Gasteiger partial charge is 0.412 e. The van der Waals surface area contributed by atoms with E-state index in [0.717, 1.165) is 0 Å². The van der Waals surface area contributed by atoms with Crippen molar-refractivity contribution in [2.45, 2.75) is 32.8 Å². The van der Waals surface area contributed by atoms with Gasteiger partial charge in [-0.05, 0) is 39.3 Å². The van der Waals surface area contributed by atoms with E-state index in [1.165, 1.54) is 18.2 Å². The van der Waals surface area contributed by atoms with Crippen molar-refractivity contribution in [1.82, 2.24) is 0 Å². The van der Waals surface area contributed by atoms with Crippen LogP contribution in [0.1, 0.15) is 27.2 Å². The van der Waals surface area contributed by atoms with Gasteiger partial charge in [0, 0.05) is 19.2 Å². The van der Waals surface area contributed by atoms with Crippen molar-refractivity contribution in [2.24, 2.45) is 0 Å². The van der Waals surface area contributed by atoms with Gasteiger partial charge in [0.05, 0.1) is 10.6 Å². The lowest BCUT2D eigenvalue weighted by Crippen LogP contribution is -2.27. The molecule has 1 aromatic carbocycles. The molecule has 0 fully saturated rings. The van der Waals surface area contributed by atoms with Gasteiger partial charge in [-0.2, -0.15) is 0 Å². The van der Waals surface area contributed by atoms with Crippen molar-refractivity contribution in [3.05, 3.63) is 28.3 Å². The van der Waals surface area contributed by atoms with Crippen LogP contribution in [-0.4, -0.2) is 34.9 Å². The van der Waals surface area contributed by atoms with Crippen LogP contribution in [0, 0.1) is 10.1 Å². The number of aliphatic hydroxyl groups excluding tert-OH is 1. The summed E-state index contributed by atoms with van der Waals surface area (Å²) in [5.74, 6) is 0. The molecule has 122 valence electrons. The van der Waals surface area contributed by atoms with Crippen LogP contribution in [0.3, 0.4) is 0 Å². The zero-order valence-electron chi connectivity index (χ0n) is 12.9. The first-order chi connectivity index (χ1) is 10.2. The Balaban J connectivity index is 2.84. The number of rotatable bonds is 6. The maximum absolute atomic E-state index is 11.7. The summed E-state index contributed by atoms with van der Waals surface area (Å²) in [4.78, 5) is 22.2. The minimum Gasteiger partial charge on any atom is -0.444 e. The zero-order chi connectivity index (χ0) is 16.8. The van der Waals surface area contributed by atoms with Crippen molar-refractivity contribution < 1.29 is 19.6 Å². The van der Waals surface area contributed by atoms with Gasteiger partial charge in [-0.15, -0.1) is 0 Å². The average Bonchev–Trinajstić information content (AvgIpc) is 2.38. The average molecular weight is 311 g/mol. The highest BCUT2D eigenvalue weighted by atomic mass is 16.6. The minimum absolute atomic E-state index is 0.000912. The van der Waals surface area contributed by atoms with E-state index in [4.69, 9.17) is 9.84 Å². The quantitative estimate of drug-likeness (QED) is 0.423. The van der Waals surface area contributed by atoms with Gasteiger partial charge in [0.1, 0.15) is 11.3 Å². The largest absolute Gasteiger partial charge is 0.444 e. The lowest BCUT2D eigenvalue weighted by Gasteiger charge is -2.19. The highest BCUT2D eigenvalue weighted by molar-refractivity contribution is 5.86. The molecule has 0 aromatic heterocycles. The topological polar surface area (TPSA) is 114 Å². The number of carbonyl (C=O) groups is 1. The Hall–Kier alpha value is -2.35. The number of hydrogen-bond donors (Lipinski definition) is 3. The lowest BCUT2D eigenvalue weighted by molar-refractivity contribution is -0.383. The molecular formula is C14H21N3O5. The maximum atomic E-state index is 11.7. The Bertz CT molecular complexity index is 540. The third-order valence-electron chi connectivity index (χ3n) is 2.49. The van der Waals surface area contributed by atoms with Crippen molar-refractivity contribution in [1.29, 1.82) is 0 Å². The van der Waals surface area contributed by atoms with Crippen LogP contribution < -0.4 is 10.6 Å². The fourth-order valence-corrected chi connectivity index (χ4v) is 1.63. The number of nitro groups is 1. The number of nitro benzene ring substituents is 1. The predicted molar refractivity (Wildman–Crippen MR) is 83.1 cm³/mol. The number of ether oxygens (including phenoxy) is 1. The Kier molecular flexibility index (Phi) is 6.11. The molecule has 3 N–H and O–H groups in total. The van der Waals surface area contributed by atoms with Gasteiger partial charge in [-0.1, -0.05) is 0 Å². The second kappa shape index (κ2) is 7.60. The Morgan fingerprint density at radius 2 is 2.09 bits per heavy atom. The molecule has 0 aliphatic heterocycles. The Labute approximate surface area is 128 Å². The standard InChI is InChI=1S/C14H21N3O5/c1-14(2,3)22-13(19)16-10-5-6-11(15-7-4-8-18)12(9-10)17(20)21/h5-6,9,15,18H,4,7-8H2,1-3H3,(H,16,19). The van der Waals surface area contributed by atoms with E-state index >= 15 is 0 Å². The summed E-state index contributed by atoms with van der Waals surface area (Å²) in [5, 5.41) is 25.1. The van der Waals surface area contributed by atoms with Crippen LogP contribution >= 0.6 is 0 Å². The molecule has 8 heteroatoms. The van der Waals surface area contributed by atoms with Gasteiger partial charge in [-0.3, -0.25) is 15.4 Å². The summed E-state index contributed by atoms with van der Waals surface area (Å²) in [6, 6.07) is 4.30. The van der Waals surface area contributed by atoms with Gasteiger partial charge in [-0.25, -0.2) is 4.79 Å². The van der Waals surface area contributed by atoms with E-state index in [0.29, 0.717) is 18.7 Å². The SMILES string of the molecule is CC(C)(C)OC(=O)Nc1ccc(NCCCO)c([N+](=O)[O-])c1. The first kappa shape index (κ1) is 17.7. The van der Waals surface area contributed by atoms with Crippen molar-refractivity contribution in [3.63, 3.8) is 0 Å². The van der Waals surface area contributed by atoms with E-state index in [9.17, 15) is 14.9 Å². The molecule has 0 spiro atoms. The molecule has 0 heterocycles. The molecule has 1 aromatic rings. The van der Waals surface area contributed by atoms with Gasteiger partial charge in [0.25, 0.3) is 5.69 Å². The monoisotopic (exact) mass is 311 g/mol. The lowest BCUT2D eigenvalue weighted by atomic mass is 10.2. The number of carbonyl (C=O) groups excluding carboxylic acids is 1. The summed E-state index contributed by atoms with van der Waals surface area (Å²) in [5.41, 5.74) is -0.213. The van der Waals surface area contributed by atoms with Crippen molar-refractivity contribution in [2.75, 3.05) is 23.8 Å². The number of hydrogen-bond acceptors (Lipinski definition) is 6. The van der Waals surface area contributed by atoms with E-state index in [1.807, 2.05) is 0 Å². The maximum Gasteiger partial charge on any atom is 0.412 e. The molecule has 8 nitrogen and oxygen atoms in total. The third-order valence-corrected chi connectivity index (χ3v) is 2.49. The van der Waals surface area contributed by atoms with Crippen LogP contribution in [-0.2, 0) is 4.74 Å². The highest BCUT2D eigenvalue weighted by Gasteiger charge is 2.19. The molecule has 0 unspecified atom stereocenters. The van der Waals surface area contributed by atoms with Crippen molar-refractivity contribution in [3.8, 4) is 0 Å². The summed E-state index contributed by atoms with van der Waals surface area (Å²) in [6.45, 7) is 5.59. The third kappa shape index (κ3) is 5.96. The minimum atomic E-state index is -0.678. The van der Waals surface area contributed by atoms with Gasteiger partial charge >= 0.3 is 6.09 Å². The molecule has 0 aliphatic rings. The van der Waals surface area contributed by atoms with Gasteiger partial charge < -0.3 is 15.2 Å². The molecule has 0 atom stereocenters. The second-order valence-corrected chi connectivity index (χ2v) is 5.62. The number of nitrogens with zero attached hydrogens (tertiary/aromatic N) is 1. The van der Waals surface area contributed by atoms with E-state index in [1.54, 1.807) is 20.8 Å². The molecule has 1 amide bonds. The molecule has 1 rings (SSSR count). The fraction of sp³-hybridized carbons (Fsp3) is 0.500. The van der Waals surface area contributed by atoms with Crippen LogP contribution in [0.5, 0.6) is 0 Å². The molecule has 22 heavy (non-hydrogen) atoms. The van der Waals surface area contributed by atoms with Gasteiger partial charge in [0.2, 0.25) is 0 Å². The first-order valence-electron chi connectivity index (χ1n) is 6.86. The first-order valence-corrected chi connectivity index (χ1v) is 6.86. The molecule has 0 saturated heterocycles. The summed E-state index contributed by atoms with van der Waals surface area (Å²) < 4.78 is 5.09. The summed E-state index contributed by atoms with van der Waals surface area (Å²) in [7, 11) is 0. The van der Waals surface area contributed by atoms with E-state index in [-0.39, 0.29) is 18.0 Å². The number of aliphatic hydroxyl groups is 1. The number of nitrogens with one attached hydrogen (secondary N) is 2.